The molecule has 0 spiro atoms. The number of halogens is 1. The van der Waals surface area contributed by atoms with Gasteiger partial charge in [-0.05, 0) is 37.7 Å². The highest BCUT2D eigenvalue weighted by atomic mass is 19.1. The van der Waals surface area contributed by atoms with Crippen molar-refractivity contribution >= 4 is 5.97 Å². The van der Waals surface area contributed by atoms with E-state index in [1.165, 1.54) is 20.3 Å². The van der Waals surface area contributed by atoms with E-state index in [9.17, 15) is 9.18 Å². The number of hydrogen-bond acceptors (Lipinski definition) is 4. The van der Waals surface area contributed by atoms with Gasteiger partial charge in [0.2, 0.25) is 0 Å². The van der Waals surface area contributed by atoms with Crippen molar-refractivity contribution in [2.45, 2.75) is 19.4 Å². The Kier molecular flexibility index (Phi) is 6.29. The summed E-state index contributed by atoms with van der Waals surface area (Å²) in [5.41, 5.74) is 0.874. The Labute approximate surface area is 113 Å². The minimum atomic E-state index is -0.358. The molecule has 0 atom stereocenters. The molecule has 0 aromatic heterocycles. The van der Waals surface area contributed by atoms with Gasteiger partial charge < -0.3 is 14.4 Å². The second-order valence-corrected chi connectivity index (χ2v) is 4.39. The molecule has 0 aliphatic carbocycles. The minimum absolute atomic E-state index is 0.205. The Balaban J connectivity index is 2.41. The van der Waals surface area contributed by atoms with Crippen LogP contribution in [0.4, 0.5) is 4.39 Å². The molecule has 0 fully saturated rings. The minimum Gasteiger partial charge on any atom is -0.494 e. The molecule has 1 rings (SSSR count). The molecule has 0 heterocycles. The maximum Gasteiger partial charge on any atom is 0.305 e. The molecule has 4 nitrogen and oxygen atoms in total. The third-order valence-electron chi connectivity index (χ3n) is 2.82. The lowest BCUT2D eigenvalue weighted by Crippen LogP contribution is -2.20. The number of nitrogens with zero attached hydrogens (tertiary/aromatic N) is 1. The lowest BCUT2D eigenvalue weighted by Gasteiger charge is -2.16. The first-order valence-electron chi connectivity index (χ1n) is 6.14. The third-order valence-corrected chi connectivity index (χ3v) is 2.82. The molecule has 106 valence electrons. The predicted molar refractivity (Wildman–Crippen MR) is 70.5 cm³/mol. The quantitative estimate of drug-likeness (QED) is 0.711. The van der Waals surface area contributed by atoms with E-state index < -0.39 is 0 Å². The second-order valence-electron chi connectivity index (χ2n) is 4.39. The number of benzene rings is 1. The molecule has 0 radical (unpaired) electrons. The normalized spacial score (nSPS) is 10.6. The van der Waals surface area contributed by atoms with Crippen LogP contribution in [-0.4, -0.2) is 38.7 Å². The lowest BCUT2D eigenvalue weighted by atomic mass is 10.2. The lowest BCUT2D eigenvalue weighted by molar-refractivity contribution is -0.140. The number of carbonyl (C=O) groups is 1. The summed E-state index contributed by atoms with van der Waals surface area (Å²) in [6.45, 7) is 1.38. The van der Waals surface area contributed by atoms with Crippen LogP contribution in [0.15, 0.2) is 18.2 Å². The summed E-state index contributed by atoms with van der Waals surface area (Å²) in [5, 5.41) is 0. The molecule has 5 heteroatoms. The topological polar surface area (TPSA) is 38.8 Å². The van der Waals surface area contributed by atoms with E-state index in [1.807, 2.05) is 18.0 Å². The Hall–Kier alpha value is -1.62. The largest absolute Gasteiger partial charge is 0.494 e. The summed E-state index contributed by atoms with van der Waals surface area (Å²) < 4.78 is 22.9. The summed E-state index contributed by atoms with van der Waals surface area (Å²) in [6.07, 6.45) is 1.12. The summed E-state index contributed by atoms with van der Waals surface area (Å²) >= 11 is 0. The molecule has 0 unspecified atom stereocenters. The van der Waals surface area contributed by atoms with Crippen molar-refractivity contribution in [3.63, 3.8) is 0 Å². The molecule has 0 N–H and O–H groups in total. The monoisotopic (exact) mass is 269 g/mol. The van der Waals surface area contributed by atoms with E-state index in [4.69, 9.17) is 4.74 Å². The predicted octanol–water partition coefficient (Wildman–Crippen LogP) is 2.22. The zero-order valence-corrected chi connectivity index (χ0v) is 11.6. The molecule has 0 aliphatic heterocycles. The van der Waals surface area contributed by atoms with Gasteiger partial charge >= 0.3 is 5.97 Å². The van der Waals surface area contributed by atoms with E-state index >= 15 is 0 Å². The van der Waals surface area contributed by atoms with E-state index in [1.54, 1.807) is 6.07 Å². The van der Waals surface area contributed by atoms with Crippen LogP contribution in [-0.2, 0) is 16.1 Å². The fourth-order valence-corrected chi connectivity index (χ4v) is 1.79. The number of rotatable bonds is 7. The molecular weight excluding hydrogens is 249 g/mol. The van der Waals surface area contributed by atoms with Crippen molar-refractivity contribution in [3.8, 4) is 5.75 Å². The third kappa shape index (κ3) is 5.26. The van der Waals surface area contributed by atoms with Crippen LogP contribution in [0.2, 0.25) is 0 Å². The van der Waals surface area contributed by atoms with Gasteiger partial charge in [-0.2, -0.15) is 0 Å². The van der Waals surface area contributed by atoms with E-state index in [2.05, 4.69) is 4.74 Å². The summed E-state index contributed by atoms with van der Waals surface area (Å²) in [6, 6.07) is 4.92. The summed E-state index contributed by atoms with van der Waals surface area (Å²) in [5.74, 6) is -0.316. The molecule has 1 aromatic carbocycles. The number of ether oxygens (including phenoxy) is 2. The molecular formula is C14H20FNO3. The second kappa shape index (κ2) is 7.74. The van der Waals surface area contributed by atoms with Crippen LogP contribution in [0, 0.1) is 5.82 Å². The molecule has 0 saturated heterocycles. The summed E-state index contributed by atoms with van der Waals surface area (Å²) in [7, 11) is 4.75. The first-order valence-corrected chi connectivity index (χ1v) is 6.14. The molecule has 0 amide bonds. The van der Waals surface area contributed by atoms with Crippen molar-refractivity contribution in [3.05, 3.63) is 29.6 Å². The number of hydrogen-bond donors (Lipinski definition) is 0. The van der Waals surface area contributed by atoms with Gasteiger partial charge in [0.25, 0.3) is 0 Å². The molecule has 0 bridgehead atoms. The SMILES string of the molecule is COC(=O)CCCN(C)Cc1ccc(OC)c(F)c1. The molecule has 19 heavy (non-hydrogen) atoms. The van der Waals surface area contributed by atoms with E-state index in [-0.39, 0.29) is 17.5 Å². The standard InChI is InChI=1S/C14H20FNO3/c1-16(8-4-5-14(17)19-3)10-11-6-7-13(18-2)12(15)9-11/h6-7,9H,4-5,8,10H2,1-3H3. The fourth-order valence-electron chi connectivity index (χ4n) is 1.79. The Morgan fingerprint density at radius 3 is 2.68 bits per heavy atom. The van der Waals surface area contributed by atoms with Gasteiger partial charge in [0, 0.05) is 13.0 Å². The molecule has 0 saturated carbocycles. The maximum atomic E-state index is 13.5. The molecule has 0 aliphatic rings. The van der Waals surface area contributed by atoms with Crippen molar-refractivity contribution in [1.29, 1.82) is 0 Å². The molecule has 1 aromatic rings. The van der Waals surface area contributed by atoms with Gasteiger partial charge in [-0.1, -0.05) is 6.07 Å². The smallest absolute Gasteiger partial charge is 0.305 e. The Morgan fingerprint density at radius 2 is 2.11 bits per heavy atom. The number of methoxy groups -OCH3 is 2. The highest BCUT2D eigenvalue weighted by Gasteiger charge is 2.07. The van der Waals surface area contributed by atoms with Crippen molar-refractivity contribution in [2.75, 3.05) is 27.8 Å². The van der Waals surface area contributed by atoms with Gasteiger partial charge in [0.15, 0.2) is 11.6 Å². The first-order chi connectivity index (χ1) is 9.06. The zero-order valence-electron chi connectivity index (χ0n) is 11.6. The van der Waals surface area contributed by atoms with Crippen molar-refractivity contribution in [1.82, 2.24) is 4.90 Å². The van der Waals surface area contributed by atoms with Gasteiger partial charge in [0.05, 0.1) is 14.2 Å². The average molecular weight is 269 g/mol. The number of esters is 1. The van der Waals surface area contributed by atoms with Crippen LogP contribution in [0.5, 0.6) is 5.75 Å². The maximum absolute atomic E-state index is 13.5. The van der Waals surface area contributed by atoms with Gasteiger partial charge in [-0.3, -0.25) is 4.79 Å². The van der Waals surface area contributed by atoms with Crippen LogP contribution in [0.3, 0.4) is 0 Å². The Bertz CT molecular complexity index is 423. The highest BCUT2D eigenvalue weighted by molar-refractivity contribution is 5.69. The van der Waals surface area contributed by atoms with Gasteiger partial charge in [-0.25, -0.2) is 4.39 Å². The van der Waals surface area contributed by atoms with Gasteiger partial charge in [-0.15, -0.1) is 0 Å². The van der Waals surface area contributed by atoms with Crippen molar-refractivity contribution in [2.24, 2.45) is 0 Å². The summed E-state index contributed by atoms with van der Waals surface area (Å²) in [4.78, 5) is 13.0. The van der Waals surface area contributed by atoms with E-state index in [0.717, 1.165) is 18.5 Å². The van der Waals surface area contributed by atoms with Crippen LogP contribution in [0.25, 0.3) is 0 Å². The van der Waals surface area contributed by atoms with Crippen molar-refractivity contribution < 1.29 is 18.7 Å². The van der Waals surface area contributed by atoms with E-state index in [0.29, 0.717) is 13.0 Å². The van der Waals surface area contributed by atoms with Crippen LogP contribution >= 0.6 is 0 Å². The fraction of sp³-hybridized carbons (Fsp3) is 0.500. The highest BCUT2D eigenvalue weighted by Crippen LogP contribution is 2.18. The van der Waals surface area contributed by atoms with Crippen LogP contribution in [0.1, 0.15) is 18.4 Å². The van der Waals surface area contributed by atoms with Gasteiger partial charge in [0.1, 0.15) is 0 Å². The first kappa shape index (κ1) is 15.4. The Morgan fingerprint density at radius 1 is 1.37 bits per heavy atom. The number of carbonyl (C=O) groups excluding carboxylic acids is 1. The average Bonchev–Trinajstić information content (AvgIpc) is 2.38. The zero-order chi connectivity index (χ0) is 14.3. The van der Waals surface area contributed by atoms with Crippen LogP contribution < -0.4 is 4.74 Å².